The van der Waals surface area contributed by atoms with Crippen molar-refractivity contribution in [2.75, 3.05) is 13.3 Å². The number of aromatic nitrogens is 2. The van der Waals surface area contributed by atoms with Gasteiger partial charge in [-0.25, -0.2) is 5.10 Å². The van der Waals surface area contributed by atoms with Crippen molar-refractivity contribution in [3.8, 4) is 11.5 Å². The molecule has 1 amide bonds. The van der Waals surface area contributed by atoms with Crippen LogP contribution in [0, 0.1) is 0 Å². The minimum absolute atomic E-state index is 0.0557. The minimum Gasteiger partial charge on any atom is -0.454 e. The number of H-pyrrole nitrogens is 1. The van der Waals surface area contributed by atoms with Gasteiger partial charge in [-0.3, -0.25) is 9.59 Å². The van der Waals surface area contributed by atoms with Gasteiger partial charge in [-0.05, 0) is 30.7 Å². The summed E-state index contributed by atoms with van der Waals surface area (Å²) in [6.07, 6.45) is 0.121. The highest BCUT2D eigenvalue weighted by Crippen LogP contribution is 2.32. The molecule has 1 aromatic heterocycles. The highest BCUT2D eigenvalue weighted by atomic mass is 16.7. The maximum Gasteiger partial charge on any atom is 0.272 e. The molecule has 27 heavy (non-hydrogen) atoms. The van der Waals surface area contributed by atoms with Gasteiger partial charge >= 0.3 is 0 Å². The van der Waals surface area contributed by atoms with Gasteiger partial charge in [-0.2, -0.15) is 5.10 Å². The van der Waals surface area contributed by atoms with E-state index in [-0.39, 0.29) is 24.7 Å². The summed E-state index contributed by atoms with van der Waals surface area (Å²) in [5.74, 6) is 1.36. The summed E-state index contributed by atoms with van der Waals surface area (Å²) in [4.78, 5) is 26.5. The molecule has 0 spiro atoms. The molecule has 3 aromatic rings. The number of aromatic amines is 1. The lowest BCUT2D eigenvalue weighted by molar-refractivity contribution is -0.130. The number of nitrogens with zero attached hydrogens (tertiary/aromatic N) is 2. The third kappa shape index (κ3) is 3.36. The van der Waals surface area contributed by atoms with Gasteiger partial charge in [-0.15, -0.1) is 0 Å². The molecular weight excluding hydrogens is 346 g/mol. The number of carbonyl (C=O) groups excluding carboxylic acids is 1. The predicted octanol–water partition coefficient (Wildman–Crippen LogP) is 2.24. The Balaban J connectivity index is 1.55. The number of carbonyl (C=O) groups is 1. The Morgan fingerprint density at radius 1 is 1.15 bits per heavy atom. The summed E-state index contributed by atoms with van der Waals surface area (Å²) in [5, 5.41) is 7.81. The molecule has 0 aliphatic carbocycles. The van der Waals surface area contributed by atoms with Gasteiger partial charge in [0.05, 0.1) is 17.5 Å². The van der Waals surface area contributed by atoms with E-state index in [1.165, 1.54) is 0 Å². The zero-order valence-corrected chi connectivity index (χ0v) is 14.9. The van der Waals surface area contributed by atoms with Gasteiger partial charge in [-0.1, -0.05) is 24.3 Å². The zero-order valence-electron chi connectivity index (χ0n) is 14.9. The van der Waals surface area contributed by atoms with Crippen molar-refractivity contribution in [3.05, 3.63) is 64.1 Å². The van der Waals surface area contributed by atoms with Gasteiger partial charge in [0.2, 0.25) is 12.7 Å². The van der Waals surface area contributed by atoms with E-state index in [2.05, 4.69) is 10.2 Å². The van der Waals surface area contributed by atoms with Crippen LogP contribution in [0.5, 0.6) is 11.5 Å². The first-order valence-corrected chi connectivity index (χ1v) is 8.78. The van der Waals surface area contributed by atoms with Crippen molar-refractivity contribution in [2.45, 2.75) is 19.9 Å². The molecule has 4 rings (SSSR count). The number of hydrogen-bond acceptors (Lipinski definition) is 5. The Morgan fingerprint density at radius 2 is 1.93 bits per heavy atom. The largest absolute Gasteiger partial charge is 0.454 e. The van der Waals surface area contributed by atoms with E-state index in [0.717, 1.165) is 11.3 Å². The van der Waals surface area contributed by atoms with Crippen LogP contribution in [0.15, 0.2) is 47.3 Å². The monoisotopic (exact) mass is 365 g/mol. The van der Waals surface area contributed by atoms with Crippen molar-refractivity contribution in [1.82, 2.24) is 15.1 Å². The molecule has 0 fully saturated rings. The van der Waals surface area contributed by atoms with Crippen LogP contribution in [0.2, 0.25) is 0 Å². The van der Waals surface area contributed by atoms with Crippen molar-refractivity contribution in [1.29, 1.82) is 0 Å². The first-order valence-electron chi connectivity index (χ1n) is 8.78. The first-order chi connectivity index (χ1) is 13.2. The van der Waals surface area contributed by atoms with Crippen molar-refractivity contribution >= 4 is 16.7 Å². The molecule has 1 aliphatic rings. The first kappa shape index (κ1) is 17.1. The fourth-order valence-electron chi connectivity index (χ4n) is 3.20. The Hall–Kier alpha value is -3.35. The predicted molar refractivity (Wildman–Crippen MR) is 99.7 cm³/mol. The molecule has 0 atom stereocenters. The van der Waals surface area contributed by atoms with E-state index >= 15 is 0 Å². The number of nitrogens with one attached hydrogen (secondary N) is 1. The molecule has 2 aromatic carbocycles. The molecule has 1 aliphatic heterocycles. The summed E-state index contributed by atoms with van der Waals surface area (Å²) in [5.41, 5.74) is 1.28. The third-order valence-corrected chi connectivity index (χ3v) is 4.64. The fourth-order valence-corrected chi connectivity index (χ4v) is 3.20. The number of amides is 1. The summed E-state index contributed by atoms with van der Waals surface area (Å²) < 4.78 is 10.7. The number of rotatable bonds is 5. The number of ether oxygens (including phenoxy) is 2. The van der Waals surface area contributed by atoms with Gasteiger partial charge in [0, 0.05) is 18.5 Å². The normalized spacial score (nSPS) is 12.3. The summed E-state index contributed by atoms with van der Waals surface area (Å²) in [7, 11) is 0. The van der Waals surface area contributed by atoms with Crippen molar-refractivity contribution < 1.29 is 14.3 Å². The van der Waals surface area contributed by atoms with E-state index in [1.54, 1.807) is 17.0 Å². The van der Waals surface area contributed by atoms with E-state index in [1.807, 2.05) is 37.3 Å². The van der Waals surface area contributed by atoms with Crippen LogP contribution in [-0.2, 0) is 17.8 Å². The Morgan fingerprint density at radius 3 is 2.74 bits per heavy atom. The maximum atomic E-state index is 12.8. The molecule has 0 unspecified atom stereocenters. The number of benzene rings is 2. The smallest absolute Gasteiger partial charge is 0.272 e. The molecule has 7 nitrogen and oxygen atoms in total. The number of hydrogen-bond donors (Lipinski definition) is 1. The number of fused-ring (bicyclic) bond motifs is 2. The second-order valence-electron chi connectivity index (χ2n) is 6.32. The summed E-state index contributed by atoms with van der Waals surface area (Å²) in [6.45, 7) is 3.19. The van der Waals surface area contributed by atoms with Gasteiger partial charge in [0.15, 0.2) is 11.5 Å². The van der Waals surface area contributed by atoms with Gasteiger partial charge in [0.1, 0.15) is 0 Å². The molecule has 7 heteroatoms. The minimum atomic E-state index is -0.255. The van der Waals surface area contributed by atoms with Crippen LogP contribution >= 0.6 is 0 Å². The third-order valence-electron chi connectivity index (χ3n) is 4.64. The maximum absolute atomic E-state index is 12.8. The lowest BCUT2D eigenvalue weighted by Crippen LogP contribution is -2.32. The Kier molecular flexibility index (Phi) is 4.50. The molecule has 0 bridgehead atoms. The molecule has 2 heterocycles. The van der Waals surface area contributed by atoms with Crippen LogP contribution in [0.1, 0.15) is 18.2 Å². The Labute approximate surface area is 155 Å². The zero-order chi connectivity index (χ0) is 18.8. The average Bonchev–Trinajstić information content (AvgIpc) is 3.16. The van der Waals surface area contributed by atoms with E-state index < -0.39 is 0 Å². The summed E-state index contributed by atoms with van der Waals surface area (Å²) in [6, 6.07) is 12.8. The van der Waals surface area contributed by atoms with Crippen molar-refractivity contribution in [2.24, 2.45) is 0 Å². The topological polar surface area (TPSA) is 84.5 Å². The second-order valence-corrected chi connectivity index (χ2v) is 6.32. The van der Waals surface area contributed by atoms with E-state index in [4.69, 9.17) is 9.47 Å². The lowest BCUT2D eigenvalue weighted by Gasteiger charge is -2.21. The molecule has 0 radical (unpaired) electrons. The van der Waals surface area contributed by atoms with Crippen LogP contribution in [0.3, 0.4) is 0 Å². The Bertz CT molecular complexity index is 1060. The standard InChI is InChI=1S/C20H19N3O4/c1-2-23(11-13-7-8-17-18(9-13)27-12-26-17)19(24)10-16-14-5-3-4-6-15(14)20(25)22-21-16/h3-9H,2,10-12H2,1H3,(H,22,25). The van der Waals surface area contributed by atoms with Crippen LogP contribution in [0.4, 0.5) is 0 Å². The van der Waals surface area contributed by atoms with Crippen molar-refractivity contribution in [3.63, 3.8) is 0 Å². The molecular formula is C20H19N3O4. The lowest BCUT2D eigenvalue weighted by atomic mass is 10.1. The summed E-state index contributed by atoms with van der Waals surface area (Å²) >= 11 is 0. The van der Waals surface area contributed by atoms with Gasteiger partial charge < -0.3 is 14.4 Å². The second kappa shape index (κ2) is 7.11. The van der Waals surface area contributed by atoms with Crippen LogP contribution in [0.25, 0.3) is 10.8 Å². The van der Waals surface area contributed by atoms with Crippen LogP contribution < -0.4 is 15.0 Å². The van der Waals surface area contributed by atoms with Gasteiger partial charge in [0.25, 0.3) is 5.56 Å². The SMILES string of the molecule is CCN(Cc1ccc2c(c1)OCO2)C(=O)Cc1n[nH]c(=O)c2ccccc12. The molecule has 1 N–H and O–H groups in total. The molecule has 138 valence electrons. The molecule has 0 saturated heterocycles. The fraction of sp³-hybridized carbons (Fsp3) is 0.250. The van der Waals surface area contributed by atoms with Crippen LogP contribution in [-0.4, -0.2) is 34.3 Å². The highest BCUT2D eigenvalue weighted by molar-refractivity contribution is 5.88. The highest BCUT2D eigenvalue weighted by Gasteiger charge is 2.18. The van der Waals surface area contributed by atoms with E-state index in [0.29, 0.717) is 35.3 Å². The number of likely N-dealkylation sites (N-methyl/N-ethyl adjacent to an activating group) is 1. The average molecular weight is 365 g/mol. The quantitative estimate of drug-likeness (QED) is 0.750. The van der Waals surface area contributed by atoms with E-state index in [9.17, 15) is 9.59 Å². The molecule has 0 saturated carbocycles.